The Morgan fingerprint density at radius 2 is 2.26 bits per heavy atom. The lowest BCUT2D eigenvalue weighted by Crippen LogP contribution is -2.53. The van der Waals surface area contributed by atoms with E-state index in [9.17, 15) is 0 Å². The van der Waals surface area contributed by atoms with Crippen molar-refractivity contribution in [2.75, 3.05) is 33.2 Å². The SMILES string of the molecule is CCN(Cc1ccco1)C1(CN)CCCN(C)CC1. The van der Waals surface area contributed by atoms with Crippen LogP contribution in [-0.4, -0.2) is 48.6 Å². The predicted molar refractivity (Wildman–Crippen MR) is 77.9 cm³/mol. The molecule has 4 heteroatoms. The second kappa shape index (κ2) is 6.55. The van der Waals surface area contributed by atoms with E-state index >= 15 is 0 Å². The van der Waals surface area contributed by atoms with Crippen LogP contribution in [0.5, 0.6) is 0 Å². The Morgan fingerprint density at radius 1 is 1.42 bits per heavy atom. The van der Waals surface area contributed by atoms with Crippen molar-refractivity contribution in [2.24, 2.45) is 5.73 Å². The van der Waals surface area contributed by atoms with Gasteiger partial charge in [-0.3, -0.25) is 4.90 Å². The van der Waals surface area contributed by atoms with Gasteiger partial charge in [-0.1, -0.05) is 6.92 Å². The van der Waals surface area contributed by atoms with Crippen molar-refractivity contribution in [3.63, 3.8) is 0 Å². The molecule has 1 saturated heterocycles. The van der Waals surface area contributed by atoms with Gasteiger partial charge in [-0.25, -0.2) is 0 Å². The highest BCUT2D eigenvalue weighted by atomic mass is 16.3. The zero-order chi connectivity index (χ0) is 13.7. The van der Waals surface area contributed by atoms with Gasteiger partial charge in [0, 0.05) is 12.1 Å². The molecule has 0 saturated carbocycles. The summed E-state index contributed by atoms with van der Waals surface area (Å²) in [4.78, 5) is 4.92. The number of likely N-dealkylation sites (tertiary alicyclic amines) is 1. The molecule has 1 aromatic rings. The van der Waals surface area contributed by atoms with Crippen LogP contribution in [0.1, 0.15) is 31.9 Å². The summed E-state index contributed by atoms with van der Waals surface area (Å²) < 4.78 is 5.51. The molecule has 108 valence electrons. The Morgan fingerprint density at radius 3 is 2.89 bits per heavy atom. The van der Waals surface area contributed by atoms with Crippen LogP contribution in [0.4, 0.5) is 0 Å². The second-order valence-electron chi connectivity index (χ2n) is 5.68. The van der Waals surface area contributed by atoms with Crippen LogP contribution in [0.15, 0.2) is 22.8 Å². The van der Waals surface area contributed by atoms with Gasteiger partial charge in [-0.2, -0.15) is 0 Å². The van der Waals surface area contributed by atoms with Gasteiger partial charge in [0.15, 0.2) is 0 Å². The van der Waals surface area contributed by atoms with Crippen LogP contribution in [0, 0.1) is 0 Å². The molecule has 0 radical (unpaired) electrons. The zero-order valence-electron chi connectivity index (χ0n) is 12.3. The van der Waals surface area contributed by atoms with E-state index in [-0.39, 0.29) is 5.54 Å². The molecule has 4 nitrogen and oxygen atoms in total. The zero-order valence-corrected chi connectivity index (χ0v) is 12.3. The molecule has 1 aliphatic rings. The molecular weight excluding hydrogens is 238 g/mol. The molecule has 1 atom stereocenters. The summed E-state index contributed by atoms with van der Waals surface area (Å²) in [6.07, 6.45) is 5.30. The van der Waals surface area contributed by atoms with Crippen LogP contribution >= 0.6 is 0 Å². The summed E-state index contributed by atoms with van der Waals surface area (Å²) >= 11 is 0. The number of rotatable bonds is 5. The number of furan rings is 1. The number of nitrogens with zero attached hydrogens (tertiary/aromatic N) is 2. The maximum atomic E-state index is 6.17. The van der Waals surface area contributed by atoms with Crippen molar-refractivity contribution in [1.29, 1.82) is 0 Å². The lowest BCUT2D eigenvalue weighted by molar-refractivity contribution is 0.0694. The van der Waals surface area contributed by atoms with E-state index < -0.39 is 0 Å². The molecule has 1 unspecified atom stereocenters. The highest BCUT2D eigenvalue weighted by molar-refractivity contribution is 5.01. The van der Waals surface area contributed by atoms with Crippen molar-refractivity contribution in [2.45, 2.75) is 38.3 Å². The first-order chi connectivity index (χ1) is 9.20. The number of likely N-dealkylation sites (N-methyl/N-ethyl adjacent to an activating group) is 1. The number of nitrogens with two attached hydrogens (primary N) is 1. The van der Waals surface area contributed by atoms with Gasteiger partial charge in [0.05, 0.1) is 12.8 Å². The molecule has 0 amide bonds. The topological polar surface area (TPSA) is 45.6 Å². The number of hydrogen-bond acceptors (Lipinski definition) is 4. The number of hydrogen-bond donors (Lipinski definition) is 1. The minimum Gasteiger partial charge on any atom is -0.468 e. The maximum Gasteiger partial charge on any atom is 0.117 e. The van der Waals surface area contributed by atoms with Gasteiger partial charge in [0.25, 0.3) is 0 Å². The highest BCUT2D eigenvalue weighted by Gasteiger charge is 2.36. The highest BCUT2D eigenvalue weighted by Crippen LogP contribution is 2.29. The largest absolute Gasteiger partial charge is 0.468 e. The molecule has 2 heterocycles. The minimum absolute atomic E-state index is 0.131. The summed E-state index contributed by atoms with van der Waals surface area (Å²) in [6, 6.07) is 4.01. The molecule has 2 rings (SSSR count). The lowest BCUT2D eigenvalue weighted by atomic mass is 9.88. The third-order valence-electron chi connectivity index (χ3n) is 4.50. The molecule has 19 heavy (non-hydrogen) atoms. The lowest BCUT2D eigenvalue weighted by Gasteiger charge is -2.42. The Balaban J connectivity index is 2.12. The maximum absolute atomic E-state index is 6.17. The van der Waals surface area contributed by atoms with Crippen molar-refractivity contribution in [3.05, 3.63) is 24.2 Å². The van der Waals surface area contributed by atoms with Crippen LogP contribution < -0.4 is 5.73 Å². The Labute approximate surface area is 116 Å². The van der Waals surface area contributed by atoms with E-state index in [1.54, 1.807) is 6.26 Å². The molecule has 0 spiro atoms. The Hall–Kier alpha value is -0.840. The van der Waals surface area contributed by atoms with E-state index in [0.717, 1.165) is 38.4 Å². The molecule has 0 aliphatic carbocycles. The van der Waals surface area contributed by atoms with E-state index in [4.69, 9.17) is 10.2 Å². The third-order valence-corrected chi connectivity index (χ3v) is 4.50. The van der Waals surface area contributed by atoms with Gasteiger partial charge >= 0.3 is 0 Å². The molecule has 1 aromatic heterocycles. The van der Waals surface area contributed by atoms with Crippen LogP contribution in [-0.2, 0) is 6.54 Å². The van der Waals surface area contributed by atoms with Gasteiger partial charge in [0.2, 0.25) is 0 Å². The monoisotopic (exact) mass is 265 g/mol. The first-order valence-electron chi connectivity index (χ1n) is 7.36. The molecular formula is C15H27N3O. The summed E-state index contributed by atoms with van der Waals surface area (Å²) in [7, 11) is 2.20. The van der Waals surface area contributed by atoms with E-state index in [1.807, 2.05) is 6.07 Å². The molecule has 0 bridgehead atoms. The Bertz CT molecular complexity index is 365. The van der Waals surface area contributed by atoms with E-state index in [2.05, 4.69) is 29.8 Å². The van der Waals surface area contributed by atoms with Gasteiger partial charge in [-0.05, 0) is 58.1 Å². The minimum atomic E-state index is 0.131. The van der Waals surface area contributed by atoms with Gasteiger partial charge in [-0.15, -0.1) is 0 Å². The molecule has 1 aliphatic heterocycles. The summed E-state index contributed by atoms with van der Waals surface area (Å²) in [5.74, 6) is 1.03. The fourth-order valence-electron chi connectivity index (χ4n) is 3.17. The van der Waals surface area contributed by atoms with Gasteiger partial charge < -0.3 is 15.1 Å². The third kappa shape index (κ3) is 3.38. The average molecular weight is 265 g/mol. The van der Waals surface area contributed by atoms with E-state index in [1.165, 1.54) is 19.4 Å². The van der Waals surface area contributed by atoms with Gasteiger partial charge in [0.1, 0.15) is 5.76 Å². The fraction of sp³-hybridized carbons (Fsp3) is 0.733. The van der Waals surface area contributed by atoms with E-state index in [0.29, 0.717) is 0 Å². The first-order valence-corrected chi connectivity index (χ1v) is 7.36. The summed E-state index contributed by atoms with van der Waals surface area (Å²) in [6.45, 7) is 7.14. The van der Waals surface area contributed by atoms with Crippen molar-refractivity contribution < 1.29 is 4.42 Å². The smallest absolute Gasteiger partial charge is 0.117 e. The quantitative estimate of drug-likeness (QED) is 0.883. The molecule has 1 fully saturated rings. The van der Waals surface area contributed by atoms with Crippen LogP contribution in [0.2, 0.25) is 0 Å². The normalized spacial score (nSPS) is 25.7. The van der Waals surface area contributed by atoms with Crippen LogP contribution in [0.3, 0.4) is 0 Å². The second-order valence-corrected chi connectivity index (χ2v) is 5.68. The summed E-state index contributed by atoms with van der Waals surface area (Å²) in [5.41, 5.74) is 6.30. The predicted octanol–water partition coefficient (Wildman–Crippen LogP) is 1.91. The average Bonchev–Trinajstić information content (AvgIpc) is 2.86. The Kier molecular flexibility index (Phi) is 5.02. The van der Waals surface area contributed by atoms with Crippen molar-refractivity contribution >= 4 is 0 Å². The van der Waals surface area contributed by atoms with Crippen molar-refractivity contribution in [3.8, 4) is 0 Å². The summed E-state index contributed by atoms with van der Waals surface area (Å²) in [5, 5.41) is 0. The van der Waals surface area contributed by atoms with Crippen LogP contribution in [0.25, 0.3) is 0 Å². The first kappa shape index (κ1) is 14.6. The standard InChI is InChI=1S/C15H27N3O/c1-3-18(12-14-6-4-11-19-14)15(13-16)7-5-9-17(2)10-8-15/h4,6,11H,3,5,7-10,12-13,16H2,1-2H3. The molecule has 0 aromatic carbocycles. The molecule has 2 N–H and O–H groups in total. The van der Waals surface area contributed by atoms with Crippen molar-refractivity contribution in [1.82, 2.24) is 9.80 Å². The fourth-order valence-corrected chi connectivity index (χ4v) is 3.17.